The van der Waals surface area contributed by atoms with Crippen LogP contribution in [0.4, 0.5) is 16.2 Å². The molecule has 3 amide bonds. The second kappa shape index (κ2) is 4.33. The summed E-state index contributed by atoms with van der Waals surface area (Å²) in [6, 6.07) is 4.37. The van der Waals surface area contributed by atoms with E-state index >= 15 is 0 Å². The number of hydrogen-bond acceptors (Lipinski definition) is 3. The van der Waals surface area contributed by atoms with Crippen LogP contribution in [0.15, 0.2) is 18.2 Å². The summed E-state index contributed by atoms with van der Waals surface area (Å²) in [5.74, 6) is -0.156. The molecule has 2 rings (SSSR count). The lowest BCUT2D eigenvalue weighted by molar-refractivity contribution is -0.119. The van der Waals surface area contributed by atoms with Crippen molar-refractivity contribution in [2.45, 2.75) is 26.8 Å². The van der Waals surface area contributed by atoms with Gasteiger partial charge in [0.15, 0.2) is 0 Å². The third-order valence-electron chi connectivity index (χ3n) is 3.22. The van der Waals surface area contributed by atoms with Crippen LogP contribution in [0.25, 0.3) is 0 Å². The minimum absolute atomic E-state index is 0.0628. The van der Waals surface area contributed by atoms with Gasteiger partial charge >= 0.3 is 6.03 Å². The van der Waals surface area contributed by atoms with Crippen molar-refractivity contribution in [3.05, 3.63) is 23.8 Å². The molecular weight excluding hydrogens is 230 g/mol. The molecule has 5 heteroatoms. The highest BCUT2D eigenvalue weighted by Gasteiger charge is 2.41. The fourth-order valence-electron chi connectivity index (χ4n) is 2.06. The van der Waals surface area contributed by atoms with E-state index in [9.17, 15) is 9.59 Å². The minimum atomic E-state index is -0.460. The number of nitrogens with zero attached hydrogens (tertiary/aromatic N) is 1. The molecule has 0 aromatic heterocycles. The lowest BCUT2D eigenvalue weighted by Gasteiger charge is -2.17. The van der Waals surface area contributed by atoms with E-state index in [-0.39, 0.29) is 17.9 Å². The molecule has 1 aliphatic heterocycles. The number of rotatable bonds is 2. The Morgan fingerprint density at radius 1 is 1.33 bits per heavy atom. The van der Waals surface area contributed by atoms with Crippen molar-refractivity contribution >= 4 is 23.3 Å². The molecule has 1 fully saturated rings. The molecule has 1 saturated heterocycles. The Balaban J connectivity index is 2.42. The van der Waals surface area contributed by atoms with E-state index in [1.807, 2.05) is 13.8 Å². The quantitative estimate of drug-likeness (QED) is 0.616. The summed E-state index contributed by atoms with van der Waals surface area (Å²) in [6.07, 6.45) is 0. The Morgan fingerprint density at radius 3 is 2.56 bits per heavy atom. The molecule has 0 saturated carbocycles. The zero-order valence-corrected chi connectivity index (χ0v) is 10.7. The maximum absolute atomic E-state index is 12.2. The van der Waals surface area contributed by atoms with Crippen LogP contribution < -0.4 is 16.0 Å². The molecule has 1 aliphatic rings. The van der Waals surface area contributed by atoms with Gasteiger partial charge in [0.25, 0.3) is 5.91 Å². The lowest BCUT2D eigenvalue weighted by atomic mass is 10.0. The van der Waals surface area contributed by atoms with Gasteiger partial charge in [-0.3, -0.25) is 4.79 Å². The van der Waals surface area contributed by atoms with Gasteiger partial charge < -0.3 is 11.1 Å². The van der Waals surface area contributed by atoms with Gasteiger partial charge in [-0.15, -0.1) is 0 Å². The van der Waals surface area contributed by atoms with Crippen molar-refractivity contribution in [1.29, 1.82) is 0 Å². The molecule has 96 valence electrons. The third-order valence-corrected chi connectivity index (χ3v) is 3.22. The van der Waals surface area contributed by atoms with Crippen LogP contribution >= 0.6 is 0 Å². The Hall–Kier alpha value is -2.04. The molecule has 0 aliphatic carbocycles. The molecule has 1 aromatic carbocycles. The van der Waals surface area contributed by atoms with Crippen LogP contribution in [-0.2, 0) is 4.79 Å². The molecule has 0 bridgehead atoms. The average molecular weight is 247 g/mol. The highest BCUT2D eigenvalue weighted by molar-refractivity contribution is 6.22. The van der Waals surface area contributed by atoms with Crippen molar-refractivity contribution in [2.24, 2.45) is 5.92 Å². The first-order valence-electron chi connectivity index (χ1n) is 5.93. The predicted octanol–water partition coefficient (Wildman–Crippen LogP) is 1.66. The number of amides is 3. The maximum Gasteiger partial charge on any atom is 0.329 e. The first kappa shape index (κ1) is 12.4. The summed E-state index contributed by atoms with van der Waals surface area (Å²) in [6.45, 7) is 5.60. The highest BCUT2D eigenvalue weighted by atomic mass is 16.2. The molecular formula is C13H17N3O2. The second-order valence-corrected chi connectivity index (χ2v) is 4.84. The number of imide groups is 1. The minimum Gasteiger partial charge on any atom is -0.398 e. The van der Waals surface area contributed by atoms with E-state index in [0.29, 0.717) is 11.4 Å². The van der Waals surface area contributed by atoms with E-state index in [0.717, 1.165) is 5.56 Å². The van der Waals surface area contributed by atoms with E-state index < -0.39 is 6.04 Å². The number of anilines is 2. The van der Waals surface area contributed by atoms with Gasteiger partial charge in [-0.2, -0.15) is 0 Å². The Bertz CT molecular complexity index is 511. The fraction of sp³-hybridized carbons (Fsp3) is 0.385. The van der Waals surface area contributed by atoms with Gasteiger partial charge in [0.1, 0.15) is 6.04 Å². The Labute approximate surface area is 106 Å². The zero-order chi connectivity index (χ0) is 13.4. The molecule has 3 N–H and O–H groups in total. The highest BCUT2D eigenvalue weighted by Crippen LogP contribution is 2.28. The molecule has 0 spiro atoms. The normalized spacial score (nSPS) is 19.6. The topological polar surface area (TPSA) is 75.4 Å². The van der Waals surface area contributed by atoms with Gasteiger partial charge in [-0.1, -0.05) is 19.9 Å². The number of urea groups is 1. The second-order valence-electron chi connectivity index (χ2n) is 4.84. The monoisotopic (exact) mass is 247 g/mol. The lowest BCUT2D eigenvalue weighted by Crippen LogP contribution is -2.34. The zero-order valence-electron chi connectivity index (χ0n) is 10.7. The van der Waals surface area contributed by atoms with E-state index in [1.54, 1.807) is 25.1 Å². The number of benzene rings is 1. The van der Waals surface area contributed by atoms with Crippen LogP contribution in [-0.4, -0.2) is 18.0 Å². The van der Waals surface area contributed by atoms with Gasteiger partial charge in [-0.05, 0) is 30.5 Å². The standard InChI is InChI=1S/C13H17N3O2/c1-7(2)11-12(17)16(13(18)15-11)10-6-4-5-9(14)8(10)3/h4-7,11H,14H2,1-3H3,(H,15,18). The van der Waals surface area contributed by atoms with Gasteiger partial charge in [0, 0.05) is 5.69 Å². The summed E-state index contributed by atoms with van der Waals surface area (Å²) in [5.41, 5.74) is 7.67. The summed E-state index contributed by atoms with van der Waals surface area (Å²) < 4.78 is 0. The van der Waals surface area contributed by atoms with Gasteiger partial charge in [0.2, 0.25) is 0 Å². The molecule has 18 heavy (non-hydrogen) atoms. The van der Waals surface area contributed by atoms with E-state index in [2.05, 4.69) is 5.32 Å². The van der Waals surface area contributed by atoms with Crippen LogP contribution in [0.5, 0.6) is 0 Å². The summed E-state index contributed by atoms with van der Waals surface area (Å²) in [7, 11) is 0. The van der Waals surface area contributed by atoms with Crippen molar-refractivity contribution < 1.29 is 9.59 Å². The number of nitrogen functional groups attached to an aromatic ring is 1. The van der Waals surface area contributed by atoms with Crippen LogP contribution in [0, 0.1) is 12.8 Å². The summed E-state index contributed by atoms with van der Waals surface area (Å²) in [4.78, 5) is 25.3. The van der Waals surface area contributed by atoms with Crippen molar-refractivity contribution in [1.82, 2.24) is 5.32 Å². The summed E-state index contributed by atoms with van der Waals surface area (Å²) in [5, 5.41) is 2.69. The predicted molar refractivity (Wildman–Crippen MR) is 70.2 cm³/mol. The maximum atomic E-state index is 12.2. The van der Waals surface area contributed by atoms with Crippen molar-refractivity contribution in [2.75, 3.05) is 10.6 Å². The first-order valence-corrected chi connectivity index (χ1v) is 5.93. The van der Waals surface area contributed by atoms with Gasteiger partial charge in [-0.25, -0.2) is 9.69 Å². The van der Waals surface area contributed by atoms with Crippen LogP contribution in [0.2, 0.25) is 0 Å². The van der Waals surface area contributed by atoms with Crippen molar-refractivity contribution in [3.63, 3.8) is 0 Å². The third kappa shape index (κ3) is 1.81. The van der Waals surface area contributed by atoms with E-state index in [1.165, 1.54) is 4.90 Å². The molecule has 1 heterocycles. The van der Waals surface area contributed by atoms with Crippen molar-refractivity contribution in [3.8, 4) is 0 Å². The van der Waals surface area contributed by atoms with E-state index in [4.69, 9.17) is 5.73 Å². The summed E-state index contributed by atoms with van der Waals surface area (Å²) >= 11 is 0. The van der Waals surface area contributed by atoms with Crippen LogP contribution in [0.1, 0.15) is 19.4 Å². The molecule has 1 aromatic rings. The number of nitrogens with one attached hydrogen (secondary N) is 1. The fourth-order valence-corrected chi connectivity index (χ4v) is 2.06. The Kier molecular flexibility index (Phi) is 2.98. The smallest absolute Gasteiger partial charge is 0.329 e. The SMILES string of the molecule is Cc1c(N)cccc1N1C(=O)NC(C(C)C)C1=O. The number of carbonyl (C=O) groups is 2. The molecule has 1 atom stereocenters. The Morgan fingerprint density at radius 2 is 2.00 bits per heavy atom. The van der Waals surface area contributed by atoms with Crippen LogP contribution in [0.3, 0.4) is 0 Å². The first-order chi connectivity index (χ1) is 8.43. The molecule has 1 unspecified atom stereocenters. The number of nitrogens with two attached hydrogens (primary N) is 1. The molecule has 5 nitrogen and oxygen atoms in total. The van der Waals surface area contributed by atoms with Gasteiger partial charge in [0.05, 0.1) is 5.69 Å². The number of carbonyl (C=O) groups excluding carboxylic acids is 2. The largest absolute Gasteiger partial charge is 0.398 e. The molecule has 0 radical (unpaired) electrons. The number of hydrogen-bond donors (Lipinski definition) is 2. The average Bonchev–Trinajstić information content (AvgIpc) is 2.59.